The van der Waals surface area contributed by atoms with Crippen LogP contribution in [-0.2, 0) is 4.79 Å². The van der Waals surface area contributed by atoms with Gasteiger partial charge in [0.15, 0.2) is 11.6 Å². The predicted molar refractivity (Wildman–Crippen MR) is 92.3 cm³/mol. The minimum Gasteiger partial charge on any atom is -0.339 e. The number of rotatable bonds is 5. The average molecular weight is 322 g/mol. The number of carbonyl (C=O) groups is 1. The van der Waals surface area contributed by atoms with Crippen molar-refractivity contribution in [2.75, 3.05) is 10.6 Å². The first-order valence-corrected chi connectivity index (χ1v) is 7.63. The average Bonchev–Trinajstić information content (AvgIpc) is 3.12. The lowest BCUT2D eigenvalue weighted by Crippen LogP contribution is -2.17. The Kier molecular flexibility index (Phi) is 4.51. The molecule has 0 bridgehead atoms. The Morgan fingerprint density at radius 2 is 1.79 bits per heavy atom. The summed E-state index contributed by atoms with van der Waals surface area (Å²) in [5.74, 6) is 1.23. The number of benzene rings is 1. The van der Waals surface area contributed by atoms with Gasteiger partial charge in [0.25, 0.3) is 0 Å². The van der Waals surface area contributed by atoms with E-state index in [4.69, 9.17) is 0 Å². The number of nitrogens with zero attached hydrogens (tertiary/aromatic N) is 4. The molecule has 1 aromatic carbocycles. The molecule has 0 aliphatic heterocycles. The predicted octanol–water partition coefficient (Wildman–Crippen LogP) is 3.00. The van der Waals surface area contributed by atoms with Crippen molar-refractivity contribution in [1.82, 2.24) is 20.0 Å². The maximum Gasteiger partial charge on any atom is 0.226 e. The van der Waals surface area contributed by atoms with Crippen molar-refractivity contribution in [2.45, 2.75) is 13.8 Å². The van der Waals surface area contributed by atoms with Gasteiger partial charge in [-0.1, -0.05) is 13.8 Å². The minimum atomic E-state index is -0.0497. The Bertz CT molecular complexity index is 794. The van der Waals surface area contributed by atoms with Crippen LogP contribution in [-0.4, -0.2) is 25.9 Å². The first kappa shape index (κ1) is 15.7. The summed E-state index contributed by atoms with van der Waals surface area (Å²) in [5.41, 5.74) is 1.62. The highest BCUT2D eigenvalue weighted by Gasteiger charge is 2.07. The van der Waals surface area contributed by atoms with Gasteiger partial charge in [0.05, 0.1) is 0 Å². The van der Waals surface area contributed by atoms with Crippen LogP contribution in [0.25, 0.3) is 5.82 Å². The van der Waals surface area contributed by atoms with E-state index >= 15 is 0 Å². The van der Waals surface area contributed by atoms with Gasteiger partial charge in [0, 0.05) is 29.7 Å². The standard InChI is InChI=1S/C17H18N6O/c1-12(2)17(24)20-14-6-4-13(5-7-14)19-15-8-9-16(22-21-15)23-11-3-10-18-23/h3-12H,1-2H3,(H,19,21)(H,20,24). The molecule has 0 unspecified atom stereocenters. The molecule has 0 saturated carbocycles. The zero-order valence-electron chi connectivity index (χ0n) is 13.5. The van der Waals surface area contributed by atoms with Crippen LogP contribution in [0.3, 0.4) is 0 Å². The highest BCUT2D eigenvalue weighted by molar-refractivity contribution is 5.92. The summed E-state index contributed by atoms with van der Waals surface area (Å²) in [6.45, 7) is 3.72. The van der Waals surface area contributed by atoms with Gasteiger partial charge in [-0.05, 0) is 42.5 Å². The van der Waals surface area contributed by atoms with E-state index in [1.165, 1.54) is 0 Å². The highest BCUT2D eigenvalue weighted by atomic mass is 16.1. The monoisotopic (exact) mass is 322 g/mol. The third kappa shape index (κ3) is 3.75. The first-order valence-electron chi connectivity index (χ1n) is 7.63. The summed E-state index contributed by atoms with van der Waals surface area (Å²) in [6.07, 6.45) is 3.49. The molecule has 0 aliphatic rings. The number of hydrogen-bond acceptors (Lipinski definition) is 5. The second kappa shape index (κ2) is 6.91. The zero-order chi connectivity index (χ0) is 16.9. The maximum absolute atomic E-state index is 11.7. The quantitative estimate of drug-likeness (QED) is 0.754. The molecule has 0 spiro atoms. The smallest absolute Gasteiger partial charge is 0.226 e. The van der Waals surface area contributed by atoms with Crippen molar-refractivity contribution < 1.29 is 4.79 Å². The molecule has 0 saturated heterocycles. The SMILES string of the molecule is CC(C)C(=O)Nc1ccc(Nc2ccc(-n3cccn3)nn2)cc1. The van der Waals surface area contributed by atoms with Crippen molar-refractivity contribution in [3.8, 4) is 5.82 Å². The van der Waals surface area contributed by atoms with Crippen molar-refractivity contribution in [2.24, 2.45) is 5.92 Å². The number of hydrogen-bond donors (Lipinski definition) is 2. The summed E-state index contributed by atoms with van der Waals surface area (Å²) >= 11 is 0. The van der Waals surface area contributed by atoms with Crippen molar-refractivity contribution >= 4 is 23.1 Å². The van der Waals surface area contributed by atoms with Gasteiger partial charge in [-0.25, -0.2) is 4.68 Å². The van der Waals surface area contributed by atoms with E-state index in [0.717, 1.165) is 11.4 Å². The van der Waals surface area contributed by atoms with Crippen LogP contribution >= 0.6 is 0 Å². The molecular weight excluding hydrogens is 304 g/mol. The molecule has 0 atom stereocenters. The Morgan fingerprint density at radius 3 is 2.38 bits per heavy atom. The van der Waals surface area contributed by atoms with Crippen LogP contribution in [0, 0.1) is 5.92 Å². The van der Waals surface area contributed by atoms with Crippen molar-refractivity contribution in [1.29, 1.82) is 0 Å². The zero-order valence-corrected chi connectivity index (χ0v) is 13.5. The molecule has 2 aromatic heterocycles. The fourth-order valence-corrected chi connectivity index (χ4v) is 1.99. The second-order valence-electron chi connectivity index (χ2n) is 5.57. The summed E-state index contributed by atoms with van der Waals surface area (Å²) < 4.78 is 1.64. The fourth-order valence-electron chi connectivity index (χ4n) is 1.99. The molecule has 0 radical (unpaired) electrons. The van der Waals surface area contributed by atoms with Crippen LogP contribution in [0.2, 0.25) is 0 Å². The van der Waals surface area contributed by atoms with Crippen molar-refractivity contribution in [3.63, 3.8) is 0 Å². The Labute approximate surface area is 139 Å². The van der Waals surface area contributed by atoms with Crippen LogP contribution in [0.1, 0.15) is 13.8 Å². The first-order chi connectivity index (χ1) is 11.6. The van der Waals surface area contributed by atoms with Gasteiger partial charge < -0.3 is 10.6 Å². The summed E-state index contributed by atoms with van der Waals surface area (Å²) in [5, 5.41) is 18.4. The molecule has 3 rings (SSSR count). The number of amides is 1. The molecule has 0 aliphatic carbocycles. The molecule has 2 heterocycles. The van der Waals surface area contributed by atoms with Crippen LogP contribution in [0.4, 0.5) is 17.2 Å². The number of carbonyl (C=O) groups excluding carboxylic acids is 1. The van der Waals surface area contributed by atoms with Gasteiger partial charge in [-0.15, -0.1) is 10.2 Å². The van der Waals surface area contributed by atoms with E-state index < -0.39 is 0 Å². The molecule has 1 amide bonds. The summed E-state index contributed by atoms with van der Waals surface area (Å²) in [7, 11) is 0. The number of aromatic nitrogens is 4. The summed E-state index contributed by atoms with van der Waals surface area (Å²) in [6, 6.07) is 12.9. The minimum absolute atomic E-state index is 0.00390. The van der Waals surface area contributed by atoms with Crippen LogP contribution in [0.5, 0.6) is 0 Å². The molecule has 2 N–H and O–H groups in total. The Balaban J connectivity index is 1.64. The van der Waals surface area contributed by atoms with Gasteiger partial charge >= 0.3 is 0 Å². The molecule has 0 fully saturated rings. The van der Waals surface area contributed by atoms with E-state index in [0.29, 0.717) is 11.6 Å². The van der Waals surface area contributed by atoms with Gasteiger partial charge in [0.1, 0.15) is 0 Å². The van der Waals surface area contributed by atoms with E-state index in [1.807, 2.05) is 56.3 Å². The molecule has 122 valence electrons. The number of anilines is 3. The summed E-state index contributed by atoms with van der Waals surface area (Å²) in [4.78, 5) is 11.7. The molecule has 7 nitrogen and oxygen atoms in total. The van der Waals surface area contributed by atoms with Gasteiger partial charge in [-0.3, -0.25) is 4.79 Å². The third-order valence-corrected chi connectivity index (χ3v) is 3.34. The van der Waals surface area contributed by atoms with Crippen molar-refractivity contribution in [3.05, 3.63) is 54.9 Å². The maximum atomic E-state index is 11.7. The second-order valence-corrected chi connectivity index (χ2v) is 5.57. The molecular formula is C17H18N6O. The van der Waals surface area contributed by atoms with Gasteiger partial charge in [0.2, 0.25) is 5.91 Å². The third-order valence-electron chi connectivity index (χ3n) is 3.34. The normalized spacial score (nSPS) is 10.6. The molecule has 24 heavy (non-hydrogen) atoms. The Hall–Kier alpha value is -3.22. The van der Waals surface area contributed by atoms with Crippen LogP contribution in [0.15, 0.2) is 54.9 Å². The lowest BCUT2D eigenvalue weighted by Gasteiger charge is -2.09. The molecule has 3 aromatic rings. The van der Waals surface area contributed by atoms with E-state index in [-0.39, 0.29) is 11.8 Å². The fraction of sp³-hybridized carbons (Fsp3) is 0.176. The lowest BCUT2D eigenvalue weighted by atomic mass is 10.2. The van der Waals surface area contributed by atoms with E-state index in [2.05, 4.69) is 25.9 Å². The van der Waals surface area contributed by atoms with E-state index in [1.54, 1.807) is 17.1 Å². The molecule has 7 heteroatoms. The Morgan fingerprint density at radius 1 is 1.04 bits per heavy atom. The number of nitrogens with one attached hydrogen (secondary N) is 2. The lowest BCUT2D eigenvalue weighted by molar-refractivity contribution is -0.118. The van der Waals surface area contributed by atoms with Crippen LogP contribution < -0.4 is 10.6 Å². The highest BCUT2D eigenvalue weighted by Crippen LogP contribution is 2.18. The largest absolute Gasteiger partial charge is 0.339 e. The van der Waals surface area contributed by atoms with E-state index in [9.17, 15) is 4.79 Å². The topological polar surface area (TPSA) is 84.7 Å². The van der Waals surface area contributed by atoms with Gasteiger partial charge in [-0.2, -0.15) is 5.10 Å².